The van der Waals surface area contributed by atoms with Crippen molar-refractivity contribution in [1.29, 1.82) is 5.26 Å². The van der Waals surface area contributed by atoms with E-state index in [2.05, 4.69) is 314 Å². The van der Waals surface area contributed by atoms with E-state index in [1.165, 1.54) is 0 Å². The molecule has 1 heteroatoms. The van der Waals surface area contributed by atoms with Crippen molar-refractivity contribution in [2.24, 2.45) is 0 Å². The van der Waals surface area contributed by atoms with Crippen molar-refractivity contribution in [2.45, 2.75) is 0 Å². The fraction of sp³-hybridized carbons (Fsp3) is 0. The molecular formula is C55HN. The third-order valence-electron chi connectivity index (χ3n) is 3.32. The summed E-state index contributed by atoms with van der Waals surface area (Å²) in [7, 11) is 0. The molecule has 0 aliphatic carbocycles. The average molecular weight is 676 g/mol. The van der Waals surface area contributed by atoms with Crippen LogP contribution < -0.4 is 0 Å². The maximum Gasteiger partial charge on any atom is 0.153 e. The molecule has 0 unspecified atom stereocenters. The third-order valence-corrected chi connectivity index (χ3v) is 3.32. The summed E-state index contributed by atoms with van der Waals surface area (Å²) in [6.45, 7) is 0. The minimum absolute atomic E-state index is 1.62. The first-order valence-electron chi connectivity index (χ1n) is 13.8. The summed E-state index contributed by atoms with van der Waals surface area (Å²) in [6, 6.07) is 1.62. The van der Waals surface area contributed by atoms with Gasteiger partial charge in [0.2, 0.25) is 0 Å². The molecule has 0 saturated heterocycles. The minimum Gasteiger partial charge on any atom is -0.183 e. The van der Waals surface area contributed by atoms with Crippen LogP contribution in [0, 0.1) is 332 Å². The Balaban J connectivity index is 4.58. The van der Waals surface area contributed by atoms with Gasteiger partial charge in [-0.1, -0.05) is 0 Å². The first kappa shape index (κ1) is 43.6. The molecule has 0 N–H and O–H groups in total. The van der Waals surface area contributed by atoms with Crippen LogP contribution in [0.25, 0.3) is 0 Å². The van der Waals surface area contributed by atoms with Crippen molar-refractivity contribution < 1.29 is 0 Å². The van der Waals surface area contributed by atoms with E-state index in [-0.39, 0.29) is 0 Å². The highest BCUT2D eigenvalue weighted by Gasteiger charge is 1.62. The first-order chi connectivity index (χ1) is 27.9. The van der Waals surface area contributed by atoms with Gasteiger partial charge in [-0.15, -0.1) is 6.42 Å². The van der Waals surface area contributed by atoms with Gasteiger partial charge in [0.1, 0.15) is 0 Å². The topological polar surface area (TPSA) is 23.8 Å². The zero-order valence-electron chi connectivity index (χ0n) is 28.0. The SMILES string of the molecule is C#CC#CC#CC#CC#CC#CC#CC#CC#CC#CC#CC#CC#CC#CC#CC#CC#CC#CC#CC#CC#CC#CC#CC#CC#CC#CC#CC#N. The van der Waals surface area contributed by atoms with Gasteiger partial charge < -0.3 is 0 Å². The first-order valence-corrected chi connectivity index (χ1v) is 13.8. The van der Waals surface area contributed by atoms with E-state index in [4.69, 9.17) is 11.7 Å². The highest BCUT2D eigenvalue weighted by molar-refractivity contribution is 5.51. The molecule has 56 heavy (non-hydrogen) atoms. The monoisotopic (exact) mass is 675 g/mol. The van der Waals surface area contributed by atoms with Crippen LogP contribution >= 0.6 is 0 Å². The van der Waals surface area contributed by atoms with Crippen LogP contribution in [0.3, 0.4) is 0 Å². The molecule has 0 aromatic carbocycles. The van der Waals surface area contributed by atoms with Gasteiger partial charge in [0, 0.05) is 266 Å². The normalized spacial score (nSPS) is 3.89. The number of nitriles is 1. The Morgan fingerprint density at radius 3 is 0.321 bits per heavy atom. The molecule has 0 bridgehead atoms. The second-order valence-corrected chi connectivity index (χ2v) is 6.76. The Labute approximate surface area is 330 Å². The average Bonchev–Trinajstić information content (AvgIpc) is 3.21. The van der Waals surface area contributed by atoms with Crippen LogP contribution in [0.5, 0.6) is 0 Å². The van der Waals surface area contributed by atoms with Crippen LogP contribution in [0.15, 0.2) is 0 Å². The lowest BCUT2D eigenvalue weighted by Gasteiger charge is -1.57. The summed E-state index contributed by atoms with van der Waals surface area (Å²) in [4.78, 5) is 0. The number of hydrogen-bond acceptors (Lipinski definition) is 1. The summed E-state index contributed by atoms with van der Waals surface area (Å²) < 4.78 is 0. The molecule has 0 radical (unpaired) electrons. The maximum absolute atomic E-state index is 8.19. The number of terminal acetylenes is 1. The molecule has 0 amide bonds. The highest BCUT2D eigenvalue weighted by Crippen LogP contribution is 1.62. The summed E-state index contributed by atoms with van der Waals surface area (Å²) in [5.74, 6) is 130. The lowest BCUT2D eigenvalue weighted by atomic mass is 10.4. The van der Waals surface area contributed by atoms with Crippen LogP contribution in [0.4, 0.5) is 0 Å². The summed E-state index contributed by atoms with van der Waals surface area (Å²) in [6.07, 6.45) is 4.94. The fourth-order valence-corrected chi connectivity index (χ4v) is 1.63. The summed E-state index contributed by atoms with van der Waals surface area (Å²) in [5, 5.41) is 8.19. The van der Waals surface area contributed by atoms with Gasteiger partial charge in [0.15, 0.2) is 6.07 Å². The predicted molar refractivity (Wildman–Crippen MR) is 217 cm³/mol. The molecule has 0 spiro atoms. The predicted octanol–water partition coefficient (Wildman–Crippen LogP) is 0.232. The van der Waals surface area contributed by atoms with Gasteiger partial charge in [-0.25, -0.2) is 0 Å². The Kier molecular flexibility index (Phi) is 33.2. The van der Waals surface area contributed by atoms with Crippen molar-refractivity contribution in [3.8, 4) is 326 Å². The van der Waals surface area contributed by atoms with Crippen molar-refractivity contribution in [1.82, 2.24) is 0 Å². The van der Waals surface area contributed by atoms with Gasteiger partial charge >= 0.3 is 0 Å². The number of rotatable bonds is 0. The molecule has 0 aromatic rings. The standard InChI is InChI=1S/C55HN/c1-2-3-4-5-6-7-8-9-10-11-12-13-14-15-16-17-18-19-20-21-22-23-24-25-26-27-28-29-30-31-32-33-34-35-36-37-38-39-40-41-42-43-44-45-46-47-48-49-50-51-52-53-54-55-56/h1H. The van der Waals surface area contributed by atoms with E-state index in [1.807, 2.05) is 0 Å². The van der Waals surface area contributed by atoms with E-state index in [0.717, 1.165) is 0 Å². The molecule has 0 atom stereocenters. The van der Waals surface area contributed by atoms with Crippen LogP contribution in [0.2, 0.25) is 0 Å². The molecule has 0 rings (SSSR count). The van der Waals surface area contributed by atoms with Crippen molar-refractivity contribution >= 4 is 0 Å². The van der Waals surface area contributed by atoms with E-state index >= 15 is 0 Å². The zero-order valence-corrected chi connectivity index (χ0v) is 28.0. The lowest BCUT2D eigenvalue weighted by Crippen LogP contribution is -1.57. The van der Waals surface area contributed by atoms with Crippen molar-refractivity contribution in [2.75, 3.05) is 0 Å². The van der Waals surface area contributed by atoms with Crippen LogP contribution in [0.1, 0.15) is 0 Å². The maximum atomic E-state index is 8.19. The summed E-state index contributed by atoms with van der Waals surface area (Å²) >= 11 is 0. The smallest absolute Gasteiger partial charge is 0.153 e. The van der Waals surface area contributed by atoms with Crippen LogP contribution in [-0.2, 0) is 0 Å². The van der Waals surface area contributed by atoms with Crippen LogP contribution in [-0.4, -0.2) is 0 Å². The quantitative estimate of drug-likeness (QED) is 0.338. The van der Waals surface area contributed by atoms with E-state index in [1.54, 1.807) is 6.07 Å². The van der Waals surface area contributed by atoms with E-state index < -0.39 is 0 Å². The molecule has 0 heterocycles. The van der Waals surface area contributed by atoms with Crippen molar-refractivity contribution in [3.63, 3.8) is 0 Å². The lowest BCUT2D eigenvalue weighted by molar-refractivity contribution is 1.55. The molecule has 226 valence electrons. The van der Waals surface area contributed by atoms with Gasteiger partial charge in [-0.3, -0.25) is 0 Å². The van der Waals surface area contributed by atoms with E-state index in [0.29, 0.717) is 0 Å². The second kappa shape index (κ2) is 42.6. The fourth-order valence-electron chi connectivity index (χ4n) is 1.63. The molecule has 0 fully saturated rings. The van der Waals surface area contributed by atoms with Crippen molar-refractivity contribution in [3.05, 3.63) is 0 Å². The van der Waals surface area contributed by atoms with Gasteiger partial charge in [-0.2, -0.15) is 5.26 Å². The summed E-state index contributed by atoms with van der Waals surface area (Å²) in [5.41, 5.74) is 0. The Hall–Kier alpha value is -12.4. The number of nitrogens with zero attached hydrogens (tertiary/aromatic N) is 1. The Morgan fingerprint density at radius 1 is 0.143 bits per heavy atom. The van der Waals surface area contributed by atoms with Gasteiger partial charge in [-0.05, 0) is 47.4 Å². The zero-order chi connectivity index (χ0) is 40.2. The van der Waals surface area contributed by atoms with Gasteiger partial charge in [0.05, 0.1) is 0 Å². The second-order valence-electron chi connectivity index (χ2n) is 6.76. The van der Waals surface area contributed by atoms with E-state index in [9.17, 15) is 0 Å². The molecule has 1 nitrogen and oxygen atoms in total. The molecule has 0 aromatic heterocycles. The Morgan fingerprint density at radius 2 is 0.232 bits per heavy atom. The minimum atomic E-state index is 1.62. The van der Waals surface area contributed by atoms with Gasteiger partial charge in [0.25, 0.3) is 0 Å². The highest BCUT2D eigenvalue weighted by atomic mass is 14.2. The molecule has 0 saturated carbocycles. The third kappa shape index (κ3) is 41.6. The molecule has 0 aliphatic heterocycles. The number of hydrogen-bond donors (Lipinski definition) is 0. The molecule has 0 aliphatic rings. The largest absolute Gasteiger partial charge is 0.183 e. The Bertz CT molecular complexity index is 3280. The molecular weight excluding hydrogens is 675 g/mol.